The van der Waals surface area contributed by atoms with Gasteiger partial charge >= 0.3 is 0 Å². The molecular weight excluding hydrogens is 260 g/mol. The summed E-state index contributed by atoms with van der Waals surface area (Å²) >= 11 is 5.00. The summed E-state index contributed by atoms with van der Waals surface area (Å²) in [6.45, 7) is 3.94. The molecule has 1 rings (SSSR count). The monoisotopic (exact) mass is 270 g/mol. The van der Waals surface area contributed by atoms with Crippen LogP contribution in [-0.4, -0.2) is 0 Å². The van der Waals surface area contributed by atoms with E-state index in [1.54, 1.807) is 11.3 Å². The molecule has 1 aromatic heterocycles. The fraction of sp³-hybridized carbons (Fsp3) is 0.300. The van der Waals surface area contributed by atoms with Crippen molar-refractivity contribution in [1.29, 1.82) is 5.26 Å². The fourth-order valence-electron chi connectivity index (χ4n) is 1.07. The predicted molar refractivity (Wildman–Crippen MR) is 63.8 cm³/mol. The molecule has 0 atom stereocenters. The molecule has 4 heteroatoms. The van der Waals surface area contributed by atoms with Crippen LogP contribution < -0.4 is 5.73 Å². The minimum atomic E-state index is 0.605. The number of nitrogens with zero attached hydrogens (tertiary/aromatic N) is 1. The highest BCUT2D eigenvalue weighted by Crippen LogP contribution is 2.31. The fourth-order valence-corrected chi connectivity index (χ4v) is 2.59. The van der Waals surface area contributed by atoms with Crippen LogP contribution in [0.5, 0.6) is 0 Å². The van der Waals surface area contributed by atoms with E-state index in [2.05, 4.69) is 22.0 Å². The van der Waals surface area contributed by atoms with E-state index in [9.17, 15) is 0 Å². The molecule has 0 bridgehead atoms. The van der Waals surface area contributed by atoms with Crippen molar-refractivity contribution >= 4 is 33.0 Å². The number of thiophene rings is 1. The molecule has 0 fully saturated rings. The Morgan fingerprint density at radius 3 is 2.71 bits per heavy atom. The van der Waals surface area contributed by atoms with Gasteiger partial charge in [0.15, 0.2) is 0 Å². The topological polar surface area (TPSA) is 49.8 Å². The molecule has 0 unspecified atom stereocenters. The normalized spacial score (nSPS) is 12.1. The third-order valence-electron chi connectivity index (χ3n) is 1.94. The van der Waals surface area contributed by atoms with Crippen molar-refractivity contribution in [2.24, 2.45) is 5.73 Å². The van der Waals surface area contributed by atoms with Crippen LogP contribution in [0.1, 0.15) is 23.8 Å². The SMILES string of the molecule is CCC(C#N)=C(N)c1cc(C)c(Br)s1. The first-order valence-corrected chi connectivity index (χ1v) is 5.86. The lowest BCUT2D eigenvalue weighted by atomic mass is 10.1. The van der Waals surface area contributed by atoms with Gasteiger partial charge in [-0.2, -0.15) is 5.26 Å². The van der Waals surface area contributed by atoms with E-state index in [0.29, 0.717) is 17.7 Å². The molecule has 0 radical (unpaired) electrons. The van der Waals surface area contributed by atoms with Gasteiger partial charge in [0.05, 0.1) is 26.0 Å². The van der Waals surface area contributed by atoms with Crippen LogP contribution in [0.2, 0.25) is 0 Å². The van der Waals surface area contributed by atoms with E-state index in [0.717, 1.165) is 14.2 Å². The van der Waals surface area contributed by atoms with Crippen LogP contribution in [0.3, 0.4) is 0 Å². The Morgan fingerprint density at radius 2 is 2.36 bits per heavy atom. The summed E-state index contributed by atoms with van der Waals surface area (Å²) in [5, 5.41) is 8.84. The molecule has 0 saturated carbocycles. The minimum absolute atomic E-state index is 0.605. The zero-order valence-electron chi connectivity index (χ0n) is 8.10. The van der Waals surface area contributed by atoms with E-state index in [-0.39, 0.29) is 0 Å². The van der Waals surface area contributed by atoms with Crippen LogP contribution in [0.4, 0.5) is 0 Å². The van der Waals surface area contributed by atoms with Crippen LogP contribution in [0, 0.1) is 18.3 Å². The number of aryl methyl sites for hydroxylation is 1. The molecule has 0 saturated heterocycles. The number of hydrogen-bond donors (Lipinski definition) is 1. The number of rotatable bonds is 2. The molecule has 0 amide bonds. The lowest BCUT2D eigenvalue weighted by molar-refractivity contribution is 1.15. The molecule has 0 aromatic carbocycles. The summed E-state index contributed by atoms with van der Waals surface area (Å²) in [5.41, 5.74) is 8.30. The van der Waals surface area contributed by atoms with Gasteiger partial charge in [0.1, 0.15) is 0 Å². The molecule has 0 aliphatic heterocycles. The molecule has 1 aromatic rings. The van der Waals surface area contributed by atoms with Crippen molar-refractivity contribution in [3.8, 4) is 6.07 Å². The number of halogens is 1. The van der Waals surface area contributed by atoms with Crippen molar-refractivity contribution in [2.75, 3.05) is 0 Å². The van der Waals surface area contributed by atoms with Crippen LogP contribution in [0.25, 0.3) is 5.70 Å². The maximum Gasteiger partial charge on any atom is 0.0969 e. The first kappa shape index (κ1) is 11.3. The van der Waals surface area contributed by atoms with Crippen molar-refractivity contribution < 1.29 is 0 Å². The summed E-state index contributed by atoms with van der Waals surface area (Å²) in [6.07, 6.45) is 0.677. The molecule has 14 heavy (non-hydrogen) atoms. The summed E-state index contributed by atoms with van der Waals surface area (Å²) in [7, 11) is 0. The first-order valence-electron chi connectivity index (χ1n) is 4.25. The highest BCUT2D eigenvalue weighted by atomic mass is 79.9. The van der Waals surface area contributed by atoms with Crippen molar-refractivity contribution in [2.45, 2.75) is 20.3 Å². The zero-order valence-corrected chi connectivity index (χ0v) is 10.5. The summed E-state index contributed by atoms with van der Waals surface area (Å²) < 4.78 is 1.07. The third kappa shape index (κ3) is 2.17. The Hall–Kier alpha value is -0.790. The molecule has 0 spiro atoms. The molecule has 0 aliphatic carbocycles. The van der Waals surface area contributed by atoms with Gasteiger partial charge in [0.25, 0.3) is 0 Å². The van der Waals surface area contributed by atoms with Gasteiger partial charge in [0, 0.05) is 0 Å². The average molecular weight is 271 g/mol. The summed E-state index contributed by atoms with van der Waals surface area (Å²) in [6, 6.07) is 4.12. The van der Waals surface area contributed by atoms with Gasteiger partial charge in [-0.3, -0.25) is 0 Å². The lowest BCUT2D eigenvalue weighted by Gasteiger charge is -1.99. The molecule has 0 aliphatic rings. The quantitative estimate of drug-likeness (QED) is 0.838. The van der Waals surface area contributed by atoms with Crippen LogP contribution >= 0.6 is 27.3 Å². The van der Waals surface area contributed by atoms with Crippen molar-refractivity contribution in [3.05, 3.63) is 25.9 Å². The van der Waals surface area contributed by atoms with Gasteiger partial charge in [-0.25, -0.2) is 0 Å². The van der Waals surface area contributed by atoms with Crippen LogP contribution in [-0.2, 0) is 0 Å². The Balaban J connectivity index is 3.18. The average Bonchev–Trinajstić information content (AvgIpc) is 2.49. The van der Waals surface area contributed by atoms with E-state index in [1.165, 1.54) is 0 Å². The van der Waals surface area contributed by atoms with Gasteiger partial charge in [-0.15, -0.1) is 11.3 Å². The largest absolute Gasteiger partial charge is 0.397 e. The highest BCUT2D eigenvalue weighted by molar-refractivity contribution is 9.11. The second-order valence-corrected chi connectivity index (χ2v) is 5.30. The van der Waals surface area contributed by atoms with Crippen molar-refractivity contribution in [3.63, 3.8) is 0 Å². The zero-order chi connectivity index (χ0) is 10.7. The van der Waals surface area contributed by atoms with E-state index in [1.807, 2.05) is 19.9 Å². The molecule has 2 N–H and O–H groups in total. The maximum atomic E-state index is 8.84. The standard InChI is InChI=1S/C10H11BrN2S/c1-3-7(5-12)9(13)8-4-6(2)10(11)14-8/h4H,3,13H2,1-2H3. The first-order chi connectivity index (χ1) is 6.60. The molecule has 2 nitrogen and oxygen atoms in total. The second-order valence-electron chi connectivity index (χ2n) is 2.92. The maximum absolute atomic E-state index is 8.84. The van der Waals surface area contributed by atoms with Crippen molar-refractivity contribution in [1.82, 2.24) is 0 Å². The number of allylic oxidation sites excluding steroid dienone is 1. The lowest BCUT2D eigenvalue weighted by Crippen LogP contribution is -1.98. The minimum Gasteiger partial charge on any atom is -0.397 e. The van der Waals surface area contributed by atoms with Gasteiger partial charge in [-0.05, 0) is 40.9 Å². The van der Waals surface area contributed by atoms with E-state index in [4.69, 9.17) is 11.0 Å². The number of hydrogen-bond acceptors (Lipinski definition) is 3. The number of nitrogens with two attached hydrogens (primary N) is 1. The van der Waals surface area contributed by atoms with Gasteiger partial charge in [0.2, 0.25) is 0 Å². The Labute approximate surface area is 96.2 Å². The third-order valence-corrected chi connectivity index (χ3v) is 4.11. The van der Waals surface area contributed by atoms with Gasteiger partial charge < -0.3 is 5.73 Å². The summed E-state index contributed by atoms with van der Waals surface area (Å²) in [4.78, 5) is 0.966. The second kappa shape index (κ2) is 4.63. The highest BCUT2D eigenvalue weighted by Gasteiger charge is 2.08. The molecule has 1 heterocycles. The molecule has 74 valence electrons. The van der Waals surface area contributed by atoms with Gasteiger partial charge in [-0.1, -0.05) is 6.92 Å². The van der Waals surface area contributed by atoms with E-state index < -0.39 is 0 Å². The summed E-state index contributed by atoms with van der Waals surface area (Å²) in [5.74, 6) is 0. The number of nitriles is 1. The Kier molecular flexibility index (Phi) is 3.73. The molecular formula is C10H11BrN2S. The van der Waals surface area contributed by atoms with E-state index >= 15 is 0 Å². The van der Waals surface area contributed by atoms with Crippen LogP contribution in [0.15, 0.2) is 15.4 Å². The smallest absolute Gasteiger partial charge is 0.0969 e. The Morgan fingerprint density at radius 1 is 1.71 bits per heavy atom. The predicted octanol–water partition coefficient (Wildman–Crippen LogP) is 3.42. The Bertz CT molecular complexity index is 393.